The van der Waals surface area contributed by atoms with Gasteiger partial charge < -0.3 is 10.1 Å². The van der Waals surface area contributed by atoms with E-state index in [1.54, 1.807) is 6.33 Å². The molecule has 0 aliphatic rings. The van der Waals surface area contributed by atoms with Crippen LogP contribution in [0.5, 0.6) is 5.75 Å². The summed E-state index contributed by atoms with van der Waals surface area (Å²) in [5.74, 6) is 1.94. The molecule has 0 amide bonds. The number of hydrogen-bond donors (Lipinski definition) is 1. The van der Waals surface area contributed by atoms with E-state index >= 15 is 0 Å². The van der Waals surface area contributed by atoms with Crippen LogP contribution in [0.1, 0.15) is 37.7 Å². The predicted octanol–water partition coefficient (Wildman–Crippen LogP) is 5.38. The Balaban J connectivity index is 1.27. The average molecular weight is 349 g/mol. The molecule has 3 rings (SSSR count). The molecule has 0 fully saturated rings. The lowest BCUT2D eigenvalue weighted by atomic mass is 10.1. The molecule has 0 aliphatic carbocycles. The summed E-state index contributed by atoms with van der Waals surface area (Å²) in [6.45, 7) is 3.83. The minimum absolute atomic E-state index is 0.802. The molecule has 4 nitrogen and oxygen atoms in total. The van der Waals surface area contributed by atoms with Crippen molar-refractivity contribution in [1.29, 1.82) is 0 Å². The Labute approximate surface area is 155 Å². The molecule has 136 valence electrons. The van der Waals surface area contributed by atoms with E-state index < -0.39 is 0 Å². The molecular formula is C22H27N3O. The van der Waals surface area contributed by atoms with Crippen molar-refractivity contribution in [3.8, 4) is 5.75 Å². The van der Waals surface area contributed by atoms with Gasteiger partial charge in [0.15, 0.2) is 0 Å². The van der Waals surface area contributed by atoms with Crippen molar-refractivity contribution in [1.82, 2.24) is 9.97 Å². The van der Waals surface area contributed by atoms with Gasteiger partial charge in [-0.05, 0) is 43.5 Å². The van der Waals surface area contributed by atoms with E-state index in [1.807, 2.05) is 36.4 Å². The topological polar surface area (TPSA) is 47.0 Å². The number of nitrogens with zero attached hydrogens (tertiary/aromatic N) is 2. The summed E-state index contributed by atoms with van der Waals surface area (Å²) in [4.78, 5) is 8.65. The largest absolute Gasteiger partial charge is 0.493 e. The number of aromatic nitrogens is 2. The summed E-state index contributed by atoms with van der Waals surface area (Å²) in [5.41, 5.74) is 2.19. The van der Waals surface area contributed by atoms with E-state index in [4.69, 9.17) is 4.74 Å². The maximum atomic E-state index is 5.84. The summed E-state index contributed by atoms with van der Waals surface area (Å²) in [7, 11) is 0. The zero-order valence-electron chi connectivity index (χ0n) is 15.4. The lowest BCUT2D eigenvalue weighted by molar-refractivity contribution is 0.302. The number of fused-ring (bicyclic) bond motifs is 1. The van der Waals surface area contributed by atoms with Crippen LogP contribution in [0.3, 0.4) is 0 Å². The number of unbranched alkanes of at least 4 members (excludes halogenated alkanes) is 4. The second-order valence-corrected chi connectivity index (χ2v) is 6.55. The van der Waals surface area contributed by atoms with Gasteiger partial charge in [0.25, 0.3) is 0 Å². The molecule has 0 atom stereocenters. The number of rotatable bonds is 10. The zero-order valence-corrected chi connectivity index (χ0v) is 15.4. The molecule has 2 aromatic carbocycles. The lowest BCUT2D eigenvalue weighted by Crippen LogP contribution is -2.04. The highest BCUT2D eigenvalue weighted by Crippen LogP contribution is 2.19. The van der Waals surface area contributed by atoms with Crippen LogP contribution in [0.15, 0.2) is 54.9 Å². The molecule has 4 heteroatoms. The Morgan fingerprint density at radius 3 is 2.54 bits per heavy atom. The van der Waals surface area contributed by atoms with E-state index in [9.17, 15) is 0 Å². The van der Waals surface area contributed by atoms with Gasteiger partial charge in [0.05, 0.1) is 12.1 Å². The number of aryl methyl sites for hydroxylation is 1. The molecule has 1 N–H and O–H groups in total. The van der Waals surface area contributed by atoms with Crippen LogP contribution < -0.4 is 10.1 Å². The molecule has 26 heavy (non-hydrogen) atoms. The van der Waals surface area contributed by atoms with Gasteiger partial charge >= 0.3 is 0 Å². The SMILES string of the molecule is Cc1ccccc1OCCCCCCCNc1ncnc2ccccc12. The Kier molecular flexibility index (Phi) is 6.82. The normalized spacial score (nSPS) is 10.8. The Morgan fingerprint density at radius 2 is 1.62 bits per heavy atom. The maximum Gasteiger partial charge on any atom is 0.137 e. The molecule has 1 heterocycles. The Morgan fingerprint density at radius 1 is 0.846 bits per heavy atom. The minimum Gasteiger partial charge on any atom is -0.493 e. The third-order valence-electron chi connectivity index (χ3n) is 4.51. The molecule has 0 saturated heterocycles. The second kappa shape index (κ2) is 9.76. The van der Waals surface area contributed by atoms with Gasteiger partial charge in [-0.25, -0.2) is 9.97 Å². The fourth-order valence-corrected chi connectivity index (χ4v) is 3.01. The number of para-hydroxylation sites is 2. The molecule has 0 bridgehead atoms. The highest BCUT2D eigenvalue weighted by Gasteiger charge is 2.02. The van der Waals surface area contributed by atoms with E-state index in [2.05, 4.69) is 34.3 Å². The lowest BCUT2D eigenvalue weighted by Gasteiger charge is -2.09. The van der Waals surface area contributed by atoms with Gasteiger partial charge in [-0.1, -0.05) is 49.6 Å². The van der Waals surface area contributed by atoms with Gasteiger partial charge in [0.2, 0.25) is 0 Å². The fraction of sp³-hybridized carbons (Fsp3) is 0.364. The van der Waals surface area contributed by atoms with Crippen molar-refractivity contribution in [3.63, 3.8) is 0 Å². The Hall–Kier alpha value is -2.62. The van der Waals surface area contributed by atoms with Gasteiger partial charge in [-0.3, -0.25) is 0 Å². The molecule has 0 spiro atoms. The fourth-order valence-electron chi connectivity index (χ4n) is 3.01. The van der Waals surface area contributed by atoms with E-state index in [1.165, 1.54) is 24.8 Å². The van der Waals surface area contributed by atoms with Gasteiger partial charge in [-0.15, -0.1) is 0 Å². The van der Waals surface area contributed by atoms with Crippen LogP contribution in [0, 0.1) is 6.92 Å². The summed E-state index contributed by atoms with van der Waals surface area (Å²) < 4.78 is 5.84. The number of hydrogen-bond acceptors (Lipinski definition) is 4. The van der Waals surface area contributed by atoms with Crippen molar-refractivity contribution in [3.05, 3.63) is 60.4 Å². The highest BCUT2D eigenvalue weighted by molar-refractivity contribution is 5.88. The third-order valence-corrected chi connectivity index (χ3v) is 4.51. The molecule has 0 aliphatic heterocycles. The van der Waals surface area contributed by atoms with E-state index in [0.717, 1.165) is 48.5 Å². The Bertz CT molecular complexity index is 814. The molecule has 0 saturated carbocycles. The van der Waals surface area contributed by atoms with Crippen molar-refractivity contribution < 1.29 is 4.74 Å². The first-order valence-electron chi connectivity index (χ1n) is 9.46. The van der Waals surface area contributed by atoms with E-state index in [0.29, 0.717) is 0 Å². The maximum absolute atomic E-state index is 5.84. The van der Waals surface area contributed by atoms with Crippen LogP contribution in [0.2, 0.25) is 0 Å². The summed E-state index contributed by atoms with van der Waals surface area (Å²) in [6.07, 6.45) is 7.56. The molecule has 0 unspecified atom stereocenters. The molecule has 0 radical (unpaired) electrons. The van der Waals surface area contributed by atoms with Crippen LogP contribution in [-0.2, 0) is 0 Å². The standard InChI is InChI=1S/C22H27N3O/c1-18-11-5-8-14-21(18)26-16-10-4-2-3-9-15-23-22-19-12-6-7-13-20(19)24-17-25-22/h5-8,11-14,17H,2-4,9-10,15-16H2,1H3,(H,23,24,25). The summed E-state index contributed by atoms with van der Waals surface area (Å²) in [6, 6.07) is 16.3. The molecule has 1 aromatic heterocycles. The summed E-state index contributed by atoms with van der Waals surface area (Å²) in [5, 5.41) is 4.53. The molecular weight excluding hydrogens is 322 g/mol. The first-order valence-corrected chi connectivity index (χ1v) is 9.46. The highest BCUT2D eigenvalue weighted by atomic mass is 16.5. The van der Waals surface area contributed by atoms with Gasteiger partial charge in [-0.2, -0.15) is 0 Å². The third kappa shape index (κ3) is 5.19. The number of anilines is 1. The number of benzene rings is 2. The zero-order chi connectivity index (χ0) is 18.0. The van der Waals surface area contributed by atoms with Gasteiger partial charge in [0.1, 0.15) is 17.9 Å². The minimum atomic E-state index is 0.802. The van der Waals surface area contributed by atoms with Crippen LogP contribution in [-0.4, -0.2) is 23.1 Å². The van der Waals surface area contributed by atoms with Crippen molar-refractivity contribution in [2.45, 2.75) is 39.0 Å². The quantitative estimate of drug-likeness (QED) is 0.499. The average Bonchev–Trinajstić information content (AvgIpc) is 2.68. The molecule has 3 aromatic rings. The monoisotopic (exact) mass is 349 g/mol. The first-order chi connectivity index (χ1) is 12.8. The van der Waals surface area contributed by atoms with Crippen LogP contribution in [0.25, 0.3) is 10.9 Å². The predicted molar refractivity (Wildman–Crippen MR) is 108 cm³/mol. The summed E-state index contributed by atoms with van der Waals surface area (Å²) >= 11 is 0. The van der Waals surface area contributed by atoms with Gasteiger partial charge in [0, 0.05) is 11.9 Å². The second-order valence-electron chi connectivity index (χ2n) is 6.55. The van der Waals surface area contributed by atoms with E-state index in [-0.39, 0.29) is 0 Å². The van der Waals surface area contributed by atoms with Crippen molar-refractivity contribution in [2.24, 2.45) is 0 Å². The first kappa shape index (κ1) is 18.2. The van der Waals surface area contributed by atoms with Crippen LogP contribution >= 0.6 is 0 Å². The van der Waals surface area contributed by atoms with Crippen molar-refractivity contribution >= 4 is 16.7 Å². The number of nitrogens with one attached hydrogen (secondary N) is 1. The van der Waals surface area contributed by atoms with Crippen LogP contribution in [0.4, 0.5) is 5.82 Å². The van der Waals surface area contributed by atoms with Crippen molar-refractivity contribution in [2.75, 3.05) is 18.5 Å². The smallest absolute Gasteiger partial charge is 0.137 e. The number of ether oxygens (including phenoxy) is 1.